The highest BCUT2D eigenvalue weighted by atomic mass is 16.4. The van der Waals surface area contributed by atoms with Crippen LogP contribution in [0.2, 0.25) is 0 Å². The highest BCUT2D eigenvalue weighted by molar-refractivity contribution is 5.75. The summed E-state index contributed by atoms with van der Waals surface area (Å²) in [5.74, 6) is 0.679. The minimum Gasteiger partial charge on any atom is -0.481 e. The van der Waals surface area contributed by atoms with E-state index in [4.69, 9.17) is 0 Å². The first kappa shape index (κ1) is 14.6. The van der Waals surface area contributed by atoms with Gasteiger partial charge in [-0.1, -0.05) is 44.0 Å². The Hall–Kier alpha value is -1.31. The lowest BCUT2D eigenvalue weighted by Crippen LogP contribution is -2.38. The molecule has 2 aliphatic carbocycles. The number of fused-ring (bicyclic) bond motifs is 1. The second-order valence-corrected chi connectivity index (χ2v) is 7.12. The first-order valence-corrected chi connectivity index (χ1v) is 8.46. The molecule has 0 amide bonds. The van der Waals surface area contributed by atoms with Crippen LogP contribution in [0, 0.1) is 11.3 Å². The topological polar surface area (TPSA) is 37.3 Å². The van der Waals surface area contributed by atoms with Crippen LogP contribution >= 0.6 is 0 Å². The van der Waals surface area contributed by atoms with Crippen molar-refractivity contribution in [3.63, 3.8) is 0 Å². The lowest BCUT2D eigenvalue weighted by molar-refractivity contribution is -0.152. The Morgan fingerprint density at radius 2 is 2.00 bits per heavy atom. The summed E-state index contributed by atoms with van der Waals surface area (Å²) in [6, 6.07) is 8.52. The van der Waals surface area contributed by atoms with Crippen molar-refractivity contribution in [2.75, 3.05) is 0 Å². The van der Waals surface area contributed by atoms with E-state index in [1.165, 1.54) is 24.0 Å². The molecule has 0 saturated heterocycles. The third kappa shape index (κ3) is 2.73. The molecule has 114 valence electrons. The van der Waals surface area contributed by atoms with Crippen LogP contribution < -0.4 is 0 Å². The molecule has 2 heteroatoms. The van der Waals surface area contributed by atoms with Crippen molar-refractivity contribution in [2.24, 2.45) is 11.3 Å². The van der Waals surface area contributed by atoms with E-state index in [-0.39, 0.29) is 0 Å². The third-order valence-electron chi connectivity index (χ3n) is 5.81. The van der Waals surface area contributed by atoms with E-state index in [0.717, 1.165) is 44.4 Å². The molecule has 0 aromatic heterocycles. The standard InChI is InChI=1S/C19H26O2/c1-2-5-14-8-10-19(11-9-14,18(20)21)13-16-12-15-6-3-4-7-17(15)16/h3-4,6-7,14,16H,2,5,8-13H2,1H3,(H,20,21). The van der Waals surface area contributed by atoms with Gasteiger partial charge in [-0.3, -0.25) is 4.79 Å². The molecule has 2 nitrogen and oxygen atoms in total. The van der Waals surface area contributed by atoms with Crippen molar-refractivity contribution < 1.29 is 9.90 Å². The van der Waals surface area contributed by atoms with Gasteiger partial charge in [-0.25, -0.2) is 0 Å². The molecule has 0 aliphatic heterocycles. The van der Waals surface area contributed by atoms with Crippen LogP contribution in [0.25, 0.3) is 0 Å². The van der Waals surface area contributed by atoms with Gasteiger partial charge >= 0.3 is 5.97 Å². The maximum Gasteiger partial charge on any atom is 0.309 e. The van der Waals surface area contributed by atoms with Crippen molar-refractivity contribution in [1.29, 1.82) is 0 Å². The van der Waals surface area contributed by atoms with Crippen LogP contribution in [-0.2, 0) is 11.2 Å². The van der Waals surface area contributed by atoms with Gasteiger partial charge in [0, 0.05) is 0 Å². The molecule has 1 aromatic rings. The van der Waals surface area contributed by atoms with E-state index in [1.807, 2.05) is 0 Å². The fourth-order valence-electron chi connectivity index (χ4n) is 4.45. The van der Waals surface area contributed by atoms with Gasteiger partial charge in [0.15, 0.2) is 0 Å². The molecule has 0 bridgehead atoms. The number of carboxylic acid groups (broad SMARTS) is 1. The summed E-state index contributed by atoms with van der Waals surface area (Å²) in [5.41, 5.74) is 2.36. The summed E-state index contributed by atoms with van der Waals surface area (Å²) in [6.45, 7) is 2.23. The monoisotopic (exact) mass is 286 g/mol. The van der Waals surface area contributed by atoms with Crippen molar-refractivity contribution >= 4 is 5.97 Å². The van der Waals surface area contributed by atoms with Crippen LogP contribution in [0.1, 0.15) is 68.9 Å². The fourth-order valence-corrected chi connectivity index (χ4v) is 4.45. The lowest BCUT2D eigenvalue weighted by Gasteiger charge is -2.42. The molecule has 2 aliphatic rings. The van der Waals surface area contributed by atoms with Gasteiger partial charge in [0.25, 0.3) is 0 Å². The number of aliphatic carboxylic acids is 1. The Morgan fingerprint density at radius 3 is 2.62 bits per heavy atom. The predicted octanol–water partition coefficient (Wildman–Crippen LogP) is 4.78. The molecule has 0 spiro atoms. The fraction of sp³-hybridized carbons (Fsp3) is 0.632. The van der Waals surface area contributed by atoms with Gasteiger partial charge in [-0.05, 0) is 61.5 Å². The van der Waals surface area contributed by atoms with E-state index in [2.05, 4.69) is 31.2 Å². The predicted molar refractivity (Wildman–Crippen MR) is 84.4 cm³/mol. The molecule has 1 saturated carbocycles. The highest BCUT2D eigenvalue weighted by Gasteiger charge is 2.45. The number of carboxylic acids is 1. The summed E-state index contributed by atoms with van der Waals surface area (Å²) >= 11 is 0. The van der Waals surface area contributed by atoms with E-state index in [9.17, 15) is 9.90 Å². The van der Waals surface area contributed by atoms with Crippen LogP contribution in [0.15, 0.2) is 24.3 Å². The molecule has 1 fully saturated rings. The van der Waals surface area contributed by atoms with Gasteiger partial charge in [0.2, 0.25) is 0 Å². The Bertz CT molecular complexity index is 512. The zero-order chi connectivity index (χ0) is 14.9. The summed E-state index contributed by atoms with van der Waals surface area (Å²) in [7, 11) is 0. The van der Waals surface area contributed by atoms with E-state index in [1.54, 1.807) is 0 Å². The maximum atomic E-state index is 11.9. The van der Waals surface area contributed by atoms with Crippen LogP contribution in [0.4, 0.5) is 0 Å². The van der Waals surface area contributed by atoms with Crippen molar-refractivity contribution in [2.45, 2.75) is 64.2 Å². The van der Waals surface area contributed by atoms with Crippen LogP contribution in [-0.4, -0.2) is 11.1 Å². The largest absolute Gasteiger partial charge is 0.481 e. The molecule has 0 heterocycles. The smallest absolute Gasteiger partial charge is 0.309 e. The summed E-state index contributed by atoms with van der Waals surface area (Å²) in [4.78, 5) is 11.9. The number of hydrogen-bond donors (Lipinski definition) is 1. The summed E-state index contributed by atoms with van der Waals surface area (Å²) in [6.07, 6.45) is 8.38. The second-order valence-electron chi connectivity index (χ2n) is 7.12. The molecule has 1 unspecified atom stereocenters. The van der Waals surface area contributed by atoms with E-state index in [0.29, 0.717) is 5.92 Å². The average Bonchev–Trinajstić information content (AvgIpc) is 2.47. The first-order chi connectivity index (χ1) is 10.1. The Labute approximate surface area is 127 Å². The Morgan fingerprint density at radius 1 is 1.29 bits per heavy atom. The number of rotatable bonds is 5. The third-order valence-corrected chi connectivity index (χ3v) is 5.81. The summed E-state index contributed by atoms with van der Waals surface area (Å²) < 4.78 is 0. The lowest BCUT2D eigenvalue weighted by atomic mass is 9.61. The zero-order valence-corrected chi connectivity index (χ0v) is 13.0. The van der Waals surface area contributed by atoms with Crippen molar-refractivity contribution in [3.8, 4) is 0 Å². The number of carbonyl (C=O) groups is 1. The van der Waals surface area contributed by atoms with E-state index >= 15 is 0 Å². The SMILES string of the molecule is CCCC1CCC(CC2Cc3ccccc32)(C(=O)O)CC1. The normalized spacial score (nSPS) is 31.3. The summed E-state index contributed by atoms with van der Waals surface area (Å²) in [5, 5.41) is 9.82. The maximum absolute atomic E-state index is 11.9. The second kappa shape index (κ2) is 5.82. The number of benzene rings is 1. The zero-order valence-electron chi connectivity index (χ0n) is 13.0. The van der Waals surface area contributed by atoms with Gasteiger partial charge in [-0.15, -0.1) is 0 Å². The molecule has 1 aromatic carbocycles. The molecule has 0 radical (unpaired) electrons. The van der Waals surface area contributed by atoms with Gasteiger partial charge in [-0.2, -0.15) is 0 Å². The first-order valence-electron chi connectivity index (χ1n) is 8.46. The minimum atomic E-state index is -0.554. The molecule has 1 atom stereocenters. The van der Waals surface area contributed by atoms with Gasteiger partial charge < -0.3 is 5.11 Å². The number of hydrogen-bond acceptors (Lipinski definition) is 1. The Balaban J connectivity index is 1.68. The average molecular weight is 286 g/mol. The molecule has 3 rings (SSSR count). The molecular weight excluding hydrogens is 260 g/mol. The quantitative estimate of drug-likeness (QED) is 0.846. The van der Waals surface area contributed by atoms with Crippen molar-refractivity contribution in [1.82, 2.24) is 0 Å². The van der Waals surface area contributed by atoms with Crippen LogP contribution in [0.5, 0.6) is 0 Å². The van der Waals surface area contributed by atoms with Gasteiger partial charge in [0.05, 0.1) is 5.41 Å². The Kier molecular flexibility index (Phi) is 4.05. The van der Waals surface area contributed by atoms with E-state index < -0.39 is 11.4 Å². The molecule has 1 N–H and O–H groups in total. The highest BCUT2D eigenvalue weighted by Crippen LogP contribution is 2.50. The molecule has 21 heavy (non-hydrogen) atoms. The van der Waals surface area contributed by atoms with Gasteiger partial charge in [0.1, 0.15) is 0 Å². The minimum absolute atomic E-state index is 0.456. The van der Waals surface area contributed by atoms with Crippen LogP contribution in [0.3, 0.4) is 0 Å². The molecular formula is C19H26O2. The van der Waals surface area contributed by atoms with Crippen molar-refractivity contribution in [3.05, 3.63) is 35.4 Å².